The van der Waals surface area contributed by atoms with Crippen molar-refractivity contribution in [3.8, 4) is 6.07 Å². The first-order valence-electron chi connectivity index (χ1n) is 13.3. The lowest BCUT2D eigenvalue weighted by molar-refractivity contribution is -0.143. The molecule has 2 aliphatic heterocycles. The predicted octanol–water partition coefficient (Wildman–Crippen LogP) is 5.08. The summed E-state index contributed by atoms with van der Waals surface area (Å²) < 4.78 is 55.4. The molecule has 2 aliphatic rings. The third kappa shape index (κ3) is 7.21. The Morgan fingerprint density at radius 2 is 1.88 bits per heavy atom. The Kier molecular flexibility index (Phi) is 11.8. The van der Waals surface area contributed by atoms with Crippen LogP contribution in [0, 0.1) is 17.1 Å². The van der Waals surface area contributed by atoms with E-state index >= 15 is 0 Å². The van der Waals surface area contributed by atoms with Gasteiger partial charge in [-0.25, -0.2) is 9.37 Å². The molecule has 4 rings (SSSR count). The number of aliphatic imine (C=N–C) groups is 1. The van der Waals surface area contributed by atoms with Crippen molar-refractivity contribution in [2.75, 3.05) is 33.2 Å². The van der Waals surface area contributed by atoms with Crippen molar-refractivity contribution in [2.45, 2.75) is 50.9 Å². The van der Waals surface area contributed by atoms with Gasteiger partial charge in [0.2, 0.25) is 0 Å². The van der Waals surface area contributed by atoms with Crippen LogP contribution in [0.4, 0.5) is 17.6 Å². The number of nitrogens with two attached hydrogens (primary N) is 1. The number of halogens is 4. The van der Waals surface area contributed by atoms with E-state index in [1.54, 1.807) is 19.3 Å². The summed E-state index contributed by atoms with van der Waals surface area (Å²) in [5.74, 6) is -2.41. The lowest BCUT2D eigenvalue weighted by atomic mass is 9.83. The third-order valence-electron chi connectivity index (χ3n) is 7.00. The van der Waals surface area contributed by atoms with Crippen LogP contribution in [0.3, 0.4) is 0 Å². The van der Waals surface area contributed by atoms with Crippen LogP contribution in [0.5, 0.6) is 0 Å². The number of aromatic nitrogens is 2. The van der Waals surface area contributed by atoms with Gasteiger partial charge in [-0.15, -0.1) is 0 Å². The van der Waals surface area contributed by atoms with E-state index in [-0.39, 0.29) is 6.04 Å². The molecule has 0 saturated carbocycles. The van der Waals surface area contributed by atoms with Crippen LogP contribution in [-0.4, -0.2) is 70.7 Å². The molecule has 2 aromatic heterocycles. The molecular weight excluding hydrogens is 538 g/mol. The smallest absolute Gasteiger partial charge is 0.405 e. The molecule has 41 heavy (non-hydrogen) atoms. The molecular formula is C29H37F4N7O. The summed E-state index contributed by atoms with van der Waals surface area (Å²) in [5.41, 5.74) is 3.71. The third-order valence-corrected chi connectivity index (χ3v) is 7.00. The highest BCUT2D eigenvalue weighted by molar-refractivity contribution is 5.94. The first-order chi connectivity index (χ1) is 19.6. The molecule has 0 aliphatic carbocycles. The number of alkyl halides is 3. The number of pyridine rings is 1. The van der Waals surface area contributed by atoms with Gasteiger partial charge in [-0.1, -0.05) is 33.1 Å². The number of nitriles is 1. The molecule has 222 valence electrons. The maximum absolute atomic E-state index is 14.4. The molecule has 1 amide bonds. The van der Waals surface area contributed by atoms with E-state index in [2.05, 4.69) is 44.4 Å². The quantitative estimate of drug-likeness (QED) is 0.382. The van der Waals surface area contributed by atoms with E-state index in [4.69, 9.17) is 0 Å². The Balaban J connectivity index is 0.00000110. The topological polar surface area (TPSA) is 104 Å². The van der Waals surface area contributed by atoms with Gasteiger partial charge in [0.1, 0.15) is 0 Å². The highest BCUT2D eigenvalue weighted by Gasteiger charge is 2.48. The van der Waals surface area contributed by atoms with Crippen molar-refractivity contribution in [3.63, 3.8) is 0 Å². The van der Waals surface area contributed by atoms with Gasteiger partial charge in [-0.2, -0.15) is 18.4 Å². The number of hydrogen-bond donors (Lipinski definition) is 1. The van der Waals surface area contributed by atoms with Crippen molar-refractivity contribution in [3.05, 3.63) is 72.2 Å². The van der Waals surface area contributed by atoms with Crippen LogP contribution in [0.2, 0.25) is 0 Å². The SMILES string of the molecule is C=CN.C=Cc1ccn(C2(CC#N)CN(C3CCN(C(=O)c4ccnc(C(F)(F)F)c4F)CC3)C2)c1C=NC.CC. The Morgan fingerprint density at radius 1 is 1.27 bits per heavy atom. The molecule has 0 atom stereocenters. The zero-order valence-corrected chi connectivity index (χ0v) is 23.7. The summed E-state index contributed by atoms with van der Waals surface area (Å²) in [6, 6.07) is 5.37. The molecule has 12 heteroatoms. The minimum Gasteiger partial charge on any atom is -0.405 e. The zero-order chi connectivity index (χ0) is 30.8. The molecule has 0 aromatic carbocycles. The number of carbonyl (C=O) groups excluding carboxylic acids is 1. The zero-order valence-electron chi connectivity index (χ0n) is 23.7. The van der Waals surface area contributed by atoms with Gasteiger partial charge in [-0.3, -0.25) is 14.7 Å². The standard InChI is InChI=1S/C25H26F4N6O.C2H5N.C2H6/c1-3-17-5-13-35(20(17)14-31-2)24(8-9-30)15-34(16-24)18-6-11-33(12-7-18)23(36)19-4-10-32-22(21(19)26)25(27,28)29;1-2-3;1-2/h3-5,10,13-14,18H,1,6-8,11-12,15-16H2,2H3;2H,1,3H2;1-2H3. The predicted molar refractivity (Wildman–Crippen MR) is 152 cm³/mol. The Labute approximate surface area is 238 Å². The highest BCUT2D eigenvalue weighted by Crippen LogP contribution is 2.38. The molecule has 2 aromatic rings. The maximum Gasteiger partial charge on any atom is 0.436 e. The average Bonchev–Trinajstić information content (AvgIpc) is 3.34. The van der Waals surface area contributed by atoms with E-state index in [9.17, 15) is 27.6 Å². The molecule has 0 unspecified atom stereocenters. The average molecular weight is 576 g/mol. The fourth-order valence-electron chi connectivity index (χ4n) is 5.18. The fraction of sp³-hybridized carbons (Fsp3) is 0.448. The van der Waals surface area contributed by atoms with Gasteiger partial charge in [0.05, 0.1) is 29.3 Å². The molecule has 2 saturated heterocycles. The van der Waals surface area contributed by atoms with Crippen LogP contribution in [-0.2, 0) is 11.7 Å². The monoisotopic (exact) mass is 575 g/mol. The first-order valence-corrected chi connectivity index (χ1v) is 13.3. The largest absolute Gasteiger partial charge is 0.436 e. The molecule has 0 bridgehead atoms. The second-order valence-corrected chi connectivity index (χ2v) is 9.36. The number of carbonyl (C=O) groups is 1. The lowest BCUT2D eigenvalue weighted by Crippen LogP contribution is -2.66. The van der Waals surface area contributed by atoms with Gasteiger partial charge in [0, 0.05) is 63.4 Å². The number of amides is 1. The van der Waals surface area contributed by atoms with E-state index in [0.717, 1.165) is 23.5 Å². The van der Waals surface area contributed by atoms with Crippen molar-refractivity contribution in [1.82, 2.24) is 19.4 Å². The molecule has 0 spiro atoms. The van der Waals surface area contributed by atoms with E-state index in [0.29, 0.717) is 45.4 Å². The van der Waals surface area contributed by atoms with Crippen LogP contribution >= 0.6 is 0 Å². The van der Waals surface area contributed by atoms with Gasteiger partial charge < -0.3 is 15.2 Å². The van der Waals surface area contributed by atoms with Gasteiger partial charge in [-0.05, 0) is 31.2 Å². The number of piperidine rings is 1. The van der Waals surface area contributed by atoms with Gasteiger partial charge in [0.15, 0.2) is 11.5 Å². The molecule has 4 heterocycles. The van der Waals surface area contributed by atoms with Crippen LogP contribution in [0.15, 0.2) is 48.9 Å². The maximum atomic E-state index is 14.4. The number of rotatable bonds is 6. The summed E-state index contributed by atoms with van der Waals surface area (Å²) in [6.07, 6.45) is 4.04. The summed E-state index contributed by atoms with van der Waals surface area (Å²) in [4.78, 5) is 23.6. The molecule has 8 nitrogen and oxygen atoms in total. The molecule has 2 fully saturated rings. The van der Waals surface area contributed by atoms with Gasteiger partial charge >= 0.3 is 6.18 Å². The molecule has 0 radical (unpaired) electrons. The molecule has 2 N–H and O–H groups in total. The van der Waals surface area contributed by atoms with E-state index < -0.39 is 34.7 Å². The second-order valence-electron chi connectivity index (χ2n) is 9.36. The van der Waals surface area contributed by atoms with Crippen molar-refractivity contribution < 1.29 is 22.4 Å². The van der Waals surface area contributed by atoms with Crippen molar-refractivity contribution in [1.29, 1.82) is 5.26 Å². The number of hydrogen-bond acceptors (Lipinski definition) is 6. The highest BCUT2D eigenvalue weighted by atomic mass is 19.4. The second kappa shape index (κ2) is 14.6. The van der Waals surface area contributed by atoms with Crippen LogP contribution in [0.1, 0.15) is 60.4 Å². The minimum absolute atomic E-state index is 0.145. The minimum atomic E-state index is -4.98. The summed E-state index contributed by atoms with van der Waals surface area (Å²) in [5, 5.41) is 9.52. The fourth-order valence-corrected chi connectivity index (χ4v) is 5.18. The number of nitrogens with zero attached hydrogens (tertiary/aromatic N) is 6. The lowest BCUT2D eigenvalue weighted by Gasteiger charge is -2.55. The van der Waals surface area contributed by atoms with Crippen LogP contribution < -0.4 is 5.73 Å². The van der Waals surface area contributed by atoms with Gasteiger partial charge in [0.25, 0.3) is 5.91 Å². The Hall–Kier alpha value is -3.98. The summed E-state index contributed by atoms with van der Waals surface area (Å²) in [6.45, 7) is 12.9. The summed E-state index contributed by atoms with van der Waals surface area (Å²) in [7, 11) is 1.69. The Morgan fingerprint density at radius 3 is 2.39 bits per heavy atom. The Bertz CT molecular complexity index is 1260. The van der Waals surface area contributed by atoms with Crippen molar-refractivity contribution >= 4 is 18.2 Å². The number of likely N-dealkylation sites (tertiary alicyclic amines) is 2. The summed E-state index contributed by atoms with van der Waals surface area (Å²) >= 11 is 0. The van der Waals surface area contributed by atoms with E-state index in [1.807, 2.05) is 26.1 Å². The normalized spacial score (nSPS) is 16.9. The van der Waals surface area contributed by atoms with Crippen LogP contribution in [0.25, 0.3) is 6.08 Å². The van der Waals surface area contributed by atoms with E-state index in [1.165, 1.54) is 11.1 Å². The van der Waals surface area contributed by atoms with Crippen molar-refractivity contribution in [2.24, 2.45) is 10.7 Å². The first kappa shape index (κ1) is 33.2.